The lowest BCUT2D eigenvalue weighted by molar-refractivity contribution is -0.144. The summed E-state index contributed by atoms with van der Waals surface area (Å²) >= 11 is 1.93. The number of hydrogen-bond acceptors (Lipinski definition) is 3. The molecule has 1 aromatic rings. The maximum atomic E-state index is 11.3. The number of benzene rings is 1. The predicted octanol–water partition coefficient (Wildman–Crippen LogP) is 3.85. The molecule has 0 bridgehead atoms. The smallest absolute Gasteiger partial charge is 0.323 e. The van der Waals surface area contributed by atoms with E-state index >= 15 is 0 Å². The molecule has 2 N–H and O–H groups in total. The zero-order valence-electron chi connectivity index (χ0n) is 13.3. The van der Waals surface area contributed by atoms with Crippen LogP contribution in [-0.4, -0.2) is 28.9 Å². The minimum absolute atomic E-state index is 0.682. The van der Waals surface area contributed by atoms with Crippen molar-refractivity contribution < 1.29 is 9.90 Å². The Morgan fingerprint density at radius 2 is 2.05 bits per heavy atom. The molecular weight excluding hydrogens is 282 g/mol. The first kappa shape index (κ1) is 18.1. The molecule has 0 radical (unpaired) electrons. The van der Waals surface area contributed by atoms with E-state index in [1.807, 2.05) is 18.7 Å². The Bertz CT molecular complexity index is 450. The van der Waals surface area contributed by atoms with Crippen molar-refractivity contribution >= 4 is 17.7 Å². The van der Waals surface area contributed by atoms with E-state index in [0.717, 1.165) is 24.3 Å². The van der Waals surface area contributed by atoms with Gasteiger partial charge in [-0.1, -0.05) is 37.6 Å². The number of aliphatic carboxylic acids is 1. The molecule has 0 aliphatic carbocycles. The van der Waals surface area contributed by atoms with E-state index < -0.39 is 11.5 Å². The fourth-order valence-corrected chi connectivity index (χ4v) is 3.39. The van der Waals surface area contributed by atoms with Gasteiger partial charge in [0.05, 0.1) is 0 Å². The summed E-state index contributed by atoms with van der Waals surface area (Å²) in [4.78, 5) is 11.3. The van der Waals surface area contributed by atoms with Crippen LogP contribution in [0, 0.1) is 6.92 Å². The van der Waals surface area contributed by atoms with Crippen molar-refractivity contribution in [2.45, 2.75) is 51.3 Å². The van der Waals surface area contributed by atoms with Gasteiger partial charge in [-0.05, 0) is 50.1 Å². The van der Waals surface area contributed by atoms with Crippen molar-refractivity contribution in [3.63, 3.8) is 0 Å². The summed E-state index contributed by atoms with van der Waals surface area (Å²) in [5.41, 5.74) is 1.95. The Hall–Kier alpha value is -1.00. The topological polar surface area (TPSA) is 49.3 Å². The van der Waals surface area contributed by atoms with Gasteiger partial charge < -0.3 is 10.4 Å². The van der Waals surface area contributed by atoms with E-state index in [1.54, 1.807) is 6.92 Å². The normalized spacial score (nSPS) is 13.9. The predicted molar refractivity (Wildman–Crippen MR) is 90.9 cm³/mol. The van der Waals surface area contributed by atoms with Gasteiger partial charge in [-0.2, -0.15) is 11.8 Å². The van der Waals surface area contributed by atoms with Gasteiger partial charge in [0, 0.05) is 5.75 Å². The summed E-state index contributed by atoms with van der Waals surface area (Å²) in [5.74, 6) is 1.36. The van der Waals surface area contributed by atoms with E-state index in [1.165, 1.54) is 11.1 Å². The number of thioether (sulfide) groups is 1. The van der Waals surface area contributed by atoms with Crippen LogP contribution in [0.15, 0.2) is 24.3 Å². The number of hydrogen-bond donors (Lipinski definition) is 2. The van der Waals surface area contributed by atoms with Gasteiger partial charge in [-0.25, -0.2) is 0 Å². The third kappa shape index (κ3) is 6.10. The fourth-order valence-electron chi connectivity index (χ4n) is 2.30. The molecule has 4 heteroatoms. The summed E-state index contributed by atoms with van der Waals surface area (Å²) in [7, 11) is 0. The molecule has 0 heterocycles. The number of likely N-dealkylation sites (N-methyl/N-ethyl adjacent to an activating group) is 1. The van der Waals surface area contributed by atoms with Gasteiger partial charge in [-0.3, -0.25) is 4.79 Å². The van der Waals surface area contributed by atoms with E-state index in [0.29, 0.717) is 13.0 Å². The summed E-state index contributed by atoms with van der Waals surface area (Å²) in [5, 5.41) is 12.4. The van der Waals surface area contributed by atoms with Crippen molar-refractivity contribution in [1.82, 2.24) is 5.32 Å². The monoisotopic (exact) mass is 309 g/mol. The van der Waals surface area contributed by atoms with Crippen LogP contribution in [-0.2, 0) is 10.5 Å². The fraction of sp³-hybridized carbons (Fsp3) is 0.588. The first-order chi connectivity index (χ1) is 9.99. The third-order valence-electron chi connectivity index (χ3n) is 3.77. The molecule has 0 spiro atoms. The highest BCUT2D eigenvalue weighted by molar-refractivity contribution is 7.98. The molecule has 0 aliphatic heterocycles. The van der Waals surface area contributed by atoms with Crippen LogP contribution in [0.1, 0.15) is 44.2 Å². The van der Waals surface area contributed by atoms with Gasteiger partial charge in [0.15, 0.2) is 0 Å². The lowest BCUT2D eigenvalue weighted by atomic mass is 9.95. The quantitative estimate of drug-likeness (QED) is 0.645. The van der Waals surface area contributed by atoms with Crippen LogP contribution >= 0.6 is 11.8 Å². The van der Waals surface area contributed by atoms with Crippen molar-refractivity contribution in [1.29, 1.82) is 0 Å². The maximum Gasteiger partial charge on any atom is 0.323 e. The lowest BCUT2D eigenvalue weighted by Crippen LogP contribution is -2.49. The molecule has 0 saturated heterocycles. The van der Waals surface area contributed by atoms with Gasteiger partial charge in [-0.15, -0.1) is 0 Å². The molecule has 1 rings (SSSR count). The van der Waals surface area contributed by atoms with Crippen LogP contribution in [0.3, 0.4) is 0 Å². The Labute approximate surface area is 132 Å². The minimum atomic E-state index is -0.782. The second kappa shape index (κ2) is 9.11. The number of rotatable bonds is 10. The summed E-state index contributed by atoms with van der Waals surface area (Å²) in [6, 6.07) is 8.47. The highest BCUT2D eigenvalue weighted by Crippen LogP contribution is 2.19. The molecule has 118 valence electrons. The maximum absolute atomic E-state index is 11.3. The number of aryl methyl sites for hydroxylation is 1. The average molecular weight is 309 g/mol. The molecular formula is C17H27NO2S. The summed E-state index contributed by atoms with van der Waals surface area (Å²) in [6.07, 6.45) is 2.68. The van der Waals surface area contributed by atoms with E-state index in [2.05, 4.69) is 36.5 Å². The Morgan fingerprint density at radius 3 is 2.67 bits per heavy atom. The first-order valence-electron chi connectivity index (χ1n) is 7.60. The van der Waals surface area contributed by atoms with E-state index in [9.17, 15) is 9.90 Å². The van der Waals surface area contributed by atoms with Gasteiger partial charge in [0.2, 0.25) is 0 Å². The molecule has 0 saturated carbocycles. The standard InChI is InChI=1S/C17H27NO2S/c1-4-18-17(3,16(19)20)11-7-8-12-21-13-15-10-6-5-9-14(15)2/h5-6,9-10,18H,4,7-8,11-13H2,1-3H3,(H,19,20). The highest BCUT2D eigenvalue weighted by Gasteiger charge is 2.30. The molecule has 0 amide bonds. The van der Waals surface area contributed by atoms with Crippen LogP contribution < -0.4 is 5.32 Å². The SMILES string of the molecule is CCNC(C)(CCCCSCc1ccccc1C)C(=O)O. The first-order valence-corrected chi connectivity index (χ1v) is 8.75. The lowest BCUT2D eigenvalue weighted by Gasteiger charge is -2.25. The number of carboxylic acids is 1. The molecule has 0 aliphatic rings. The molecule has 21 heavy (non-hydrogen) atoms. The second-order valence-electron chi connectivity index (χ2n) is 5.60. The second-order valence-corrected chi connectivity index (χ2v) is 6.71. The third-order valence-corrected chi connectivity index (χ3v) is 4.87. The van der Waals surface area contributed by atoms with Gasteiger partial charge in [0.1, 0.15) is 5.54 Å². The molecule has 1 unspecified atom stereocenters. The van der Waals surface area contributed by atoms with E-state index in [-0.39, 0.29) is 0 Å². The van der Waals surface area contributed by atoms with Crippen LogP contribution in [0.5, 0.6) is 0 Å². The number of nitrogens with one attached hydrogen (secondary N) is 1. The summed E-state index contributed by atoms with van der Waals surface area (Å²) in [6.45, 7) is 6.55. The average Bonchev–Trinajstić information content (AvgIpc) is 2.44. The molecule has 1 atom stereocenters. The van der Waals surface area contributed by atoms with Crippen molar-refractivity contribution in [2.75, 3.05) is 12.3 Å². The minimum Gasteiger partial charge on any atom is -0.480 e. The van der Waals surface area contributed by atoms with Gasteiger partial charge in [0.25, 0.3) is 0 Å². The zero-order valence-corrected chi connectivity index (χ0v) is 14.1. The number of carboxylic acid groups (broad SMARTS) is 1. The molecule has 3 nitrogen and oxygen atoms in total. The van der Waals surface area contributed by atoms with Crippen LogP contribution in [0.25, 0.3) is 0 Å². The zero-order chi connectivity index (χ0) is 15.7. The van der Waals surface area contributed by atoms with E-state index in [4.69, 9.17) is 0 Å². The largest absolute Gasteiger partial charge is 0.480 e. The molecule has 0 fully saturated rings. The number of unbranched alkanes of at least 4 members (excludes halogenated alkanes) is 1. The molecule has 0 aromatic heterocycles. The number of carbonyl (C=O) groups is 1. The Kier molecular flexibility index (Phi) is 7.83. The van der Waals surface area contributed by atoms with Crippen LogP contribution in [0.4, 0.5) is 0 Å². The Balaban J connectivity index is 2.22. The highest BCUT2D eigenvalue weighted by atomic mass is 32.2. The summed E-state index contributed by atoms with van der Waals surface area (Å²) < 4.78 is 0. The van der Waals surface area contributed by atoms with Gasteiger partial charge >= 0.3 is 5.97 Å². The van der Waals surface area contributed by atoms with Crippen molar-refractivity contribution in [3.05, 3.63) is 35.4 Å². The molecule has 1 aromatic carbocycles. The Morgan fingerprint density at radius 1 is 1.33 bits per heavy atom. The van der Waals surface area contributed by atoms with Crippen molar-refractivity contribution in [3.8, 4) is 0 Å². The van der Waals surface area contributed by atoms with Crippen LogP contribution in [0.2, 0.25) is 0 Å². The van der Waals surface area contributed by atoms with Crippen molar-refractivity contribution in [2.24, 2.45) is 0 Å².